The molecule has 0 radical (unpaired) electrons. The smallest absolute Gasteiger partial charge is 0.350 e. The van der Waals surface area contributed by atoms with Gasteiger partial charge < -0.3 is 9.64 Å². The molecule has 0 aromatic heterocycles. The van der Waals surface area contributed by atoms with Gasteiger partial charge in [-0.1, -0.05) is 18.2 Å². The highest BCUT2D eigenvalue weighted by Gasteiger charge is 2.62. The summed E-state index contributed by atoms with van der Waals surface area (Å²) in [6.07, 6.45) is -0.00632. The van der Waals surface area contributed by atoms with E-state index in [2.05, 4.69) is 0 Å². The predicted octanol–water partition coefficient (Wildman–Crippen LogP) is 3.21. The third-order valence-corrected chi connectivity index (χ3v) is 7.91. The van der Waals surface area contributed by atoms with Crippen LogP contribution in [-0.2, 0) is 26.0 Å². The average molecular weight is 516 g/mol. The summed E-state index contributed by atoms with van der Waals surface area (Å²) in [5.74, 6) is -7.03. The zero-order chi connectivity index (χ0) is 25.1. The number of fused-ring (bicyclic) bond motifs is 1. The second-order valence-electron chi connectivity index (χ2n) is 9.02. The Balaban J connectivity index is 1.49. The third-order valence-electron chi connectivity index (χ3n) is 6.84. The number of ether oxygens (including phenoxy) is 1. The van der Waals surface area contributed by atoms with Crippen LogP contribution in [0.5, 0.6) is 0 Å². The van der Waals surface area contributed by atoms with Gasteiger partial charge in [-0.15, -0.1) is 0 Å². The molecule has 3 fully saturated rings. The van der Waals surface area contributed by atoms with E-state index in [1.54, 1.807) is 0 Å². The number of carbonyl (C=O) groups is 1. The van der Waals surface area contributed by atoms with Crippen molar-refractivity contribution in [3.05, 3.63) is 59.4 Å². The molecular formula is C23H21F5N2O4S. The number of amides is 1. The minimum absolute atomic E-state index is 0.0399. The molecule has 1 amide bonds. The van der Waals surface area contributed by atoms with Crippen molar-refractivity contribution in [1.82, 2.24) is 9.62 Å². The van der Waals surface area contributed by atoms with E-state index in [1.807, 2.05) is 4.72 Å². The summed E-state index contributed by atoms with van der Waals surface area (Å²) in [6.45, 7) is 0.394. The SMILES string of the molecule is O=C([C@H]1CCO1)N1[C@H]2C[C@H]2[C@H](NS(=O)(=O)C(F)F)[C@@H]1Cc1cccc(-c2cc(F)cc(F)c2)c1F. The molecule has 12 heteroatoms. The molecule has 2 saturated heterocycles. The number of nitrogens with zero attached hydrogens (tertiary/aromatic N) is 1. The summed E-state index contributed by atoms with van der Waals surface area (Å²) in [7, 11) is -4.97. The van der Waals surface area contributed by atoms with E-state index in [-0.39, 0.29) is 35.1 Å². The molecular weight excluding hydrogens is 495 g/mol. The second kappa shape index (κ2) is 8.82. The van der Waals surface area contributed by atoms with Gasteiger partial charge in [0, 0.05) is 30.1 Å². The van der Waals surface area contributed by atoms with Crippen molar-refractivity contribution in [2.45, 2.75) is 49.2 Å². The van der Waals surface area contributed by atoms with Crippen LogP contribution >= 0.6 is 0 Å². The quantitative estimate of drug-likeness (QED) is 0.574. The zero-order valence-electron chi connectivity index (χ0n) is 18.1. The summed E-state index contributed by atoms with van der Waals surface area (Å²) >= 11 is 0. The number of hydrogen-bond acceptors (Lipinski definition) is 4. The molecule has 35 heavy (non-hydrogen) atoms. The molecule has 0 bridgehead atoms. The van der Waals surface area contributed by atoms with E-state index in [0.29, 0.717) is 25.5 Å². The molecule has 3 aliphatic rings. The van der Waals surface area contributed by atoms with Crippen LogP contribution in [0.3, 0.4) is 0 Å². The molecule has 6 nitrogen and oxygen atoms in total. The second-order valence-corrected chi connectivity index (χ2v) is 10.7. The molecule has 5 atom stereocenters. The van der Waals surface area contributed by atoms with E-state index in [9.17, 15) is 30.8 Å². The zero-order valence-corrected chi connectivity index (χ0v) is 19.0. The van der Waals surface area contributed by atoms with E-state index < -0.39 is 57.3 Å². The Kier molecular flexibility index (Phi) is 6.09. The highest BCUT2D eigenvalue weighted by Crippen LogP contribution is 2.50. The first-order valence-corrected chi connectivity index (χ1v) is 12.6. The van der Waals surface area contributed by atoms with Crippen LogP contribution < -0.4 is 4.72 Å². The van der Waals surface area contributed by atoms with Crippen LogP contribution in [0.25, 0.3) is 11.1 Å². The lowest BCUT2D eigenvalue weighted by Gasteiger charge is -2.36. The summed E-state index contributed by atoms with van der Waals surface area (Å²) in [5, 5.41) is 0. The molecule has 2 heterocycles. The van der Waals surface area contributed by atoms with Crippen LogP contribution in [0.2, 0.25) is 0 Å². The van der Waals surface area contributed by atoms with Crippen molar-refractivity contribution in [3.63, 3.8) is 0 Å². The molecule has 5 rings (SSSR count). The first-order chi connectivity index (χ1) is 16.6. The number of carbonyl (C=O) groups excluding carboxylic acids is 1. The Labute approximate surface area is 198 Å². The number of hydrogen-bond donors (Lipinski definition) is 1. The lowest BCUT2D eigenvalue weighted by molar-refractivity contribution is -0.158. The number of nitrogens with one attached hydrogen (secondary N) is 1. The largest absolute Gasteiger partial charge is 0.368 e. The number of alkyl halides is 2. The van der Waals surface area contributed by atoms with E-state index >= 15 is 4.39 Å². The normalized spacial score (nSPS) is 27.6. The fraction of sp³-hybridized carbons (Fsp3) is 0.435. The fourth-order valence-corrected chi connectivity index (χ4v) is 5.88. The molecule has 2 aliphatic heterocycles. The third kappa shape index (κ3) is 4.43. The van der Waals surface area contributed by atoms with Gasteiger partial charge in [0.05, 0.1) is 12.6 Å². The van der Waals surface area contributed by atoms with Gasteiger partial charge >= 0.3 is 5.76 Å². The number of benzene rings is 2. The fourth-order valence-electron chi connectivity index (χ4n) is 5.06. The molecule has 1 N–H and O–H groups in total. The summed E-state index contributed by atoms with van der Waals surface area (Å²) in [4.78, 5) is 14.5. The Morgan fingerprint density at radius 2 is 1.83 bits per heavy atom. The monoisotopic (exact) mass is 516 g/mol. The molecule has 188 valence electrons. The van der Waals surface area contributed by atoms with Crippen molar-refractivity contribution in [3.8, 4) is 11.1 Å². The van der Waals surface area contributed by atoms with Crippen LogP contribution in [0.4, 0.5) is 22.0 Å². The van der Waals surface area contributed by atoms with E-state index in [4.69, 9.17) is 4.74 Å². The van der Waals surface area contributed by atoms with E-state index in [0.717, 1.165) is 12.1 Å². The summed E-state index contributed by atoms with van der Waals surface area (Å²) in [6, 6.07) is 4.44. The van der Waals surface area contributed by atoms with Gasteiger partial charge in [0.1, 0.15) is 23.6 Å². The van der Waals surface area contributed by atoms with E-state index in [1.165, 1.54) is 23.1 Å². The first-order valence-electron chi connectivity index (χ1n) is 11.0. The van der Waals surface area contributed by atoms with Gasteiger partial charge in [-0.25, -0.2) is 26.3 Å². The highest BCUT2D eigenvalue weighted by atomic mass is 32.2. The number of piperidine rings is 1. The molecule has 1 aliphatic carbocycles. The minimum atomic E-state index is -4.97. The number of rotatable bonds is 7. The summed E-state index contributed by atoms with van der Waals surface area (Å²) in [5.41, 5.74) is -0.0807. The van der Waals surface area contributed by atoms with Crippen LogP contribution in [-0.4, -0.2) is 55.8 Å². The molecule has 2 aromatic carbocycles. The Morgan fingerprint density at radius 3 is 2.43 bits per heavy atom. The molecule has 0 spiro atoms. The van der Waals surface area contributed by atoms with Crippen molar-refractivity contribution in [2.24, 2.45) is 5.92 Å². The summed E-state index contributed by atoms with van der Waals surface area (Å²) < 4.78 is 100. The van der Waals surface area contributed by atoms with Crippen molar-refractivity contribution in [1.29, 1.82) is 0 Å². The Morgan fingerprint density at radius 1 is 1.14 bits per heavy atom. The van der Waals surface area contributed by atoms with Crippen molar-refractivity contribution in [2.75, 3.05) is 6.61 Å². The van der Waals surface area contributed by atoms with Gasteiger partial charge in [0.25, 0.3) is 15.9 Å². The number of likely N-dealkylation sites (tertiary alicyclic amines) is 1. The maximum absolute atomic E-state index is 15.5. The predicted molar refractivity (Wildman–Crippen MR) is 114 cm³/mol. The maximum atomic E-state index is 15.5. The van der Waals surface area contributed by atoms with Gasteiger partial charge in [0.15, 0.2) is 0 Å². The number of sulfonamides is 1. The number of halogens is 5. The van der Waals surface area contributed by atoms with Gasteiger partial charge in [-0.3, -0.25) is 4.79 Å². The molecule has 0 unspecified atom stereocenters. The van der Waals surface area contributed by atoms with Crippen molar-refractivity contribution < 1.29 is 39.9 Å². The van der Waals surface area contributed by atoms with Crippen LogP contribution in [0, 0.1) is 23.4 Å². The van der Waals surface area contributed by atoms with Crippen molar-refractivity contribution >= 4 is 15.9 Å². The highest BCUT2D eigenvalue weighted by molar-refractivity contribution is 7.89. The standard InChI is InChI=1S/C23H21F5N2O4S/c24-13-6-12(7-14(25)9-13)15-3-1-2-11(20(15)26)8-18-21(29-35(32,33)23(27)28)16-10-17(16)30(18)22(31)19-4-5-34-19/h1-3,6-7,9,16-19,21,23,29H,4-5,8,10H2/t16-,17+,18+,19-,21+/m1/s1. The van der Waals surface area contributed by atoms with Crippen LogP contribution in [0.1, 0.15) is 18.4 Å². The van der Waals surface area contributed by atoms with Gasteiger partial charge in [0.2, 0.25) is 0 Å². The lowest BCUT2D eigenvalue weighted by atomic mass is 9.94. The maximum Gasteiger partial charge on any atom is 0.350 e. The average Bonchev–Trinajstić information content (AvgIpc) is 3.45. The lowest BCUT2D eigenvalue weighted by Crippen LogP contribution is -2.55. The Hall–Kier alpha value is -2.57. The van der Waals surface area contributed by atoms with Gasteiger partial charge in [-0.05, 0) is 42.0 Å². The first kappa shape index (κ1) is 24.1. The molecule has 1 saturated carbocycles. The molecule has 2 aromatic rings. The van der Waals surface area contributed by atoms with Gasteiger partial charge in [-0.2, -0.15) is 8.78 Å². The topological polar surface area (TPSA) is 75.7 Å². The minimum Gasteiger partial charge on any atom is -0.368 e. The Bertz CT molecular complexity index is 1250. The van der Waals surface area contributed by atoms with Crippen LogP contribution in [0.15, 0.2) is 36.4 Å².